The Morgan fingerprint density at radius 3 is 2.76 bits per heavy atom. The van der Waals surface area contributed by atoms with Crippen LogP contribution in [0.1, 0.15) is 23.2 Å². The minimum atomic E-state index is -0.877. The molecule has 0 saturated carbocycles. The Balaban J connectivity index is 1.88. The number of hydrogen-bond acceptors (Lipinski definition) is 5. The molecule has 0 spiro atoms. The highest BCUT2D eigenvalue weighted by molar-refractivity contribution is 5.91. The van der Waals surface area contributed by atoms with E-state index in [0.717, 1.165) is 5.69 Å². The molecule has 0 aromatic carbocycles. The molecule has 0 radical (unpaired) electrons. The minimum Gasteiger partial charge on any atom is -0.481 e. The van der Waals surface area contributed by atoms with E-state index in [2.05, 4.69) is 15.1 Å². The number of amides is 1. The number of carbonyl (C=O) groups is 2. The summed E-state index contributed by atoms with van der Waals surface area (Å²) in [6.45, 7) is 4.26. The van der Waals surface area contributed by atoms with E-state index in [1.165, 1.54) is 9.42 Å². The fourth-order valence-electron chi connectivity index (χ4n) is 2.59. The Labute approximate surface area is 120 Å². The number of aryl methyl sites for hydroxylation is 1. The van der Waals surface area contributed by atoms with Gasteiger partial charge in [-0.3, -0.25) is 9.59 Å². The monoisotopic (exact) mass is 289 g/mol. The Kier molecular flexibility index (Phi) is 3.08. The van der Waals surface area contributed by atoms with E-state index in [4.69, 9.17) is 5.11 Å². The van der Waals surface area contributed by atoms with Crippen LogP contribution in [0.3, 0.4) is 0 Å². The van der Waals surface area contributed by atoms with Crippen molar-refractivity contribution in [1.29, 1.82) is 0 Å². The van der Waals surface area contributed by atoms with Crippen LogP contribution in [0.25, 0.3) is 5.78 Å². The molecule has 2 aromatic heterocycles. The van der Waals surface area contributed by atoms with Crippen LogP contribution in [0.2, 0.25) is 0 Å². The molecule has 0 bridgehead atoms. The number of hydrogen-bond donors (Lipinski definition) is 1. The van der Waals surface area contributed by atoms with Crippen molar-refractivity contribution in [3.8, 4) is 0 Å². The summed E-state index contributed by atoms with van der Waals surface area (Å²) in [5.74, 6) is -1.43. The van der Waals surface area contributed by atoms with Crippen LogP contribution in [-0.4, -0.2) is 54.6 Å². The number of carboxylic acid groups (broad SMARTS) is 1. The number of fused-ring (bicyclic) bond motifs is 1. The maximum Gasteiger partial charge on any atom is 0.308 e. The van der Waals surface area contributed by atoms with E-state index < -0.39 is 11.9 Å². The largest absolute Gasteiger partial charge is 0.481 e. The Hall–Kier alpha value is -2.51. The molecule has 1 fully saturated rings. The van der Waals surface area contributed by atoms with E-state index in [1.807, 2.05) is 13.8 Å². The van der Waals surface area contributed by atoms with Gasteiger partial charge in [-0.2, -0.15) is 4.98 Å². The summed E-state index contributed by atoms with van der Waals surface area (Å²) in [6, 6.07) is 1.77. The third kappa shape index (κ3) is 2.22. The summed E-state index contributed by atoms with van der Waals surface area (Å²) in [4.78, 5) is 33.2. The molecule has 1 saturated heterocycles. The summed E-state index contributed by atoms with van der Waals surface area (Å²) in [5, 5.41) is 13.3. The number of rotatable bonds is 2. The number of aromatic nitrogens is 4. The third-order valence-electron chi connectivity index (χ3n) is 3.84. The first-order valence-electron chi connectivity index (χ1n) is 6.68. The van der Waals surface area contributed by atoms with Crippen LogP contribution in [-0.2, 0) is 4.79 Å². The van der Waals surface area contributed by atoms with Crippen molar-refractivity contribution in [1.82, 2.24) is 24.5 Å². The van der Waals surface area contributed by atoms with E-state index in [-0.39, 0.29) is 24.2 Å². The van der Waals surface area contributed by atoms with E-state index in [0.29, 0.717) is 12.3 Å². The zero-order valence-corrected chi connectivity index (χ0v) is 11.7. The summed E-state index contributed by atoms with van der Waals surface area (Å²) >= 11 is 0. The van der Waals surface area contributed by atoms with Crippen molar-refractivity contribution in [2.75, 3.05) is 13.1 Å². The van der Waals surface area contributed by atoms with Crippen LogP contribution < -0.4 is 0 Å². The van der Waals surface area contributed by atoms with Crippen molar-refractivity contribution >= 4 is 17.7 Å². The lowest BCUT2D eigenvalue weighted by Gasteiger charge is -2.12. The van der Waals surface area contributed by atoms with Crippen molar-refractivity contribution < 1.29 is 14.7 Å². The predicted octanol–water partition coefficient (Wildman–Crippen LogP) is 0.225. The van der Waals surface area contributed by atoms with Gasteiger partial charge in [0.1, 0.15) is 0 Å². The SMILES string of the molecule is Cc1ccnc2nc(C(=O)N3CC(C)C(C(=O)O)C3)nn12. The lowest BCUT2D eigenvalue weighted by atomic mass is 9.99. The molecule has 8 heteroatoms. The Bertz CT molecular complexity index is 726. The lowest BCUT2D eigenvalue weighted by molar-refractivity contribution is -0.142. The van der Waals surface area contributed by atoms with Crippen molar-refractivity contribution in [3.63, 3.8) is 0 Å². The average Bonchev–Trinajstić information content (AvgIpc) is 3.02. The molecule has 3 heterocycles. The van der Waals surface area contributed by atoms with E-state index in [9.17, 15) is 9.59 Å². The fraction of sp³-hybridized carbons (Fsp3) is 0.462. The number of carboxylic acids is 1. The van der Waals surface area contributed by atoms with Crippen LogP contribution in [0.4, 0.5) is 0 Å². The summed E-state index contributed by atoms with van der Waals surface area (Å²) in [5.41, 5.74) is 0.824. The molecular formula is C13H15N5O3. The van der Waals surface area contributed by atoms with E-state index >= 15 is 0 Å². The Morgan fingerprint density at radius 2 is 2.14 bits per heavy atom. The molecule has 21 heavy (non-hydrogen) atoms. The molecule has 2 unspecified atom stereocenters. The highest BCUT2D eigenvalue weighted by atomic mass is 16.4. The molecule has 0 aliphatic carbocycles. The van der Waals surface area contributed by atoms with Gasteiger partial charge in [0.25, 0.3) is 11.7 Å². The highest BCUT2D eigenvalue weighted by Crippen LogP contribution is 2.24. The van der Waals surface area contributed by atoms with Crippen molar-refractivity contribution in [2.45, 2.75) is 13.8 Å². The van der Waals surface area contributed by atoms with Gasteiger partial charge >= 0.3 is 5.97 Å². The second kappa shape index (κ2) is 4.80. The molecule has 110 valence electrons. The van der Waals surface area contributed by atoms with Gasteiger partial charge in [-0.05, 0) is 18.9 Å². The molecule has 1 aliphatic heterocycles. The quantitative estimate of drug-likeness (QED) is 0.849. The van der Waals surface area contributed by atoms with Gasteiger partial charge in [0.05, 0.1) is 5.92 Å². The van der Waals surface area contributed by atoms with Gasteiger partial charge in [0, 0.05) is 25.0 Å². The second-order valence-corrected chi connectivity index (χ2v) is 5.37. The molecule has 2 aromatic rings. The van der Waals surface area contributed by atoms with Crippen LogP contribution in [0, 0.1) is 18.8 Å². The summed E-state index contributed by atoms with van der Waals surface area (Å²) in [7, 11) is 0. The van der Waals surface area contributed by atoms with Gasteiger partial charge in [-0.1, -0.05) is 6.92 Å². The second-order valence-electron chi connectivity index (χ2n) is 5.37. The molecule has 1 N–H and O–H groups in total. The number of aliphatic carboxylic acids is 1. The Morgan fingerprint density at radius 1 is 1.38 bits per heavy atom. The third-order valence-corrected chi connectivity index (χ3v) is 3.84. The molecule has 1 aliphatic rings. The maximum atomic E-state index is 12.4. The van der Waals surface area contributed by atoms with Crippen molar-refractivity contribution in [2.24, 2.45) is 11.8 Å². The number of carbonyl (C=O) groups excluding carboxylic acids is 1. The number of likely N-dealkylation sites (tertiary alicyclic amines) is 1. The highest BCUT2D eigenvalue weighted by Gasteiger charge is 2.38. The van der Waals surface area contributed by atoms with Gasteiger partial charge in [-0.25, -0.2) is 9.50 Å². The first-order chi connectivity index (χ1) is 9.97. The topological polar surface area (TPSA) is 101 Å². The molecular weight excluding hydrogens is 274 g/mol. The smallest absolute Gasteiger partial charge is 0.308 e. The maximum absolute atomic E-state index is 12.4. The van der Waals surface area contributed by atoms with Gasteiger partial charge in [-0.15, -0.1) is 5.10 Å². The van der Waals surface area contributed by atoms with Gasteiger partial charge in [0.2, 0.25) is 5.82 Å². The molecule has 3 rings (SSSR count). The summed E-state index contributed by atoms with van der Waals surface area (Å²) < 4.78 is 1.50. The van der Waals surface area contributed by atoms with Crippen LogP contribution >= 0.6 is 0 Å². The fourth-order valence-corrected chi connectivity index (χ4v) is 2.59. The summed E-state index contributed by atoms with van der Waals surface area (Å²) in [6.07, 6.45) is 1.60. The van der Waals surface area contributed by atoms with Gasteiger partial charge < -0.3 is 10.0 Å². The van der Waals surface area contributed by atoms with Crippen LogP contribution in [0.15, 0.2) is 12.3 Å². The zero-order chi connectivity index (χ0) is 15.1. The standard InChI is InChI=1S/C13H15N5O3/c1-7-5-17(6-9(7)12(20)21)11(19)10-15-13-14-4-3-8(2)18(13)16-10/h3-4,7,9H,5-6H2,1-2H3,(H,20,21). The van der Waals surface area contributed by atoms with E-state index in [1.54, 1.807) is 12.3 Å². The molecule has 1 amide bonds. The van der Waals surface area contributed by atoms with Crippen molar-refractivity contribution in [3.05, 3.63) is 23.8 Å². The normalized spacial score (nSPS) is 21.9. The number of nitrogens with zero attached hydrogens (tertiary/aromatic N) is 5. The zero-order valence-electron chi connectivity index (χ0n) is 11.7. The minimum absolute atomic E-state index is 0.0510. The van der Waals surface area contributed by atoms with Gasteiger partial charge in [0.15, 0.2) is 0 Å². The average molecular weight is 289 g/mol. The first kappa shape index (κ1) is 13.5. The molecule has 8 nitrogen and oxygen atoms in total. The van der Waals surface area contributed by atoms with Crippen LogP contribution in [0.5, 0.6) is 0 Å². The lowest BCUT2D eigenvalue weighted by Crippen LogP contribution is -2.30. The first-order valence-corrected chi connectivity index (χ1v) is 6.68. The predicted molar refractivity (Wildman–Crippen MR) is 71.7 cm³/mol. The molecule has 2 atom stereocenters.